The van der Waals surface area contributed by atoms with Gasteiger partial charge in [0.05, 0.1) is 0 Å². The first-order chi connectivity index (χ1) is 12.2. The van der Waals surface area contributed by atoms with E-state index in [2.05, 4.69) is 43.4 Å². The van der Waals surface area contributed by atoms with E-state index in [1.807, 2.05) is 24.3 Å². The third-order valence-corrected chi connectivity index (χ3v) is 4.56. The number of benzene rings is 1. The number of hydrogen-bond donors (Lipinski definition) is 2. The van der Waals surface area contributed by atoms with Crippen LogP contribution in [0.4, 0.5) is 11.6 Å². The van der Waals surface area contributed by atoms with Gasteiger partial charge in [0.2, 0.25) is 5.95 Å². The van der Waals surface area contributed by atoms with Crippen LogP contribution in [-0.4, -0.2) is 59.2 Å². The van der Waals surface area contributed by atoms with Gasteiger partial charge in [0.1, 0.15) is 0 Å². The maximum atomic E-state index is 5.38. The quantitative estimate of drug-likeness (QED) is 0.794. The van der Waals surface area contributed by atoms with Crippen molar-refractivity contribution in [2.24, 2.45) is 0 Å². The number of para-hydroxylation sites is 1. The second kappa shape index (κ2) is 8.73. The zero-order chi connectivity index (χ0) is 17.5. The highest BCUT2D eigenvalue weighted by Gasteiger charge is 2.18. The summed E-state index contributed by atoms with van der Waals surface area (Å²) in [4.78, 5) is 13.3. The molecule has 0 unspecified atom stereocenters. The number of piperazine rings is 1. The molecule has 0 aliphatic carbocycles. The first-order valence-corrected chi connectivity index (χ1v) is 8.98. The van der Waals surface area contributed by atoms with E-state index in [4.69, 9.17) is 12.2 Å². The second-order valence-corrected chi connectivity index (χ2v) is 6.48. The molecule has 7 heteroatoms. The van der Waals surface area contributed by atoms with E-state index in [-0.39, 0.29) is 0 Å². The van der Waals surface area contributed by atoms with Crippen molar-refractivity contribution in [3.05, 3.63) is 48.3 Å². The molecule has 25 heavy (non-hydrogen) atoms. The molecule has 2 heterocycles. The maximum absolute atomic E-state index is 5.38. The standard InChI is InChI=1S/C18H24N6S/c1-15-5-2-3-6-16(15)22-18(25)21-9-10-23-11-13-24(14-12-23)17-19-7-4-8-20-17/h2-8H,9-14H2,1H3,(H2,21,22,25). The second-order valence-electron chi connectivity index (χ2n) is 6.07. The van der Waals surface area contributed by atoms with Gasteiger partial charge in [-0.05, 0) is 36.8 Å². The topological polar surface area (TPSA) is 56.3 Å². The first kappa shape index (κ1) is 17.6. The molecule has 0 radical (unpaired) electrons. The number of rotatable bonds is 5. The van der Waals surface area contributed by atoms with Crippen molar-refractivity contribution >= 4 is 29.0 Å². The van der Waals surface area contributed by atoms with Crippen molar-refractivity contribution < 1.29 is 0 Å². The summed E-state index contributed by atoms with van der Waals surface area (Å²) in [6.07, 6.45) is 3.59. The van der Waals surface area contributed by atoms with Crippen LogP contribution < -0.4 is 15.5 Å². The highest BCUT2D eigenvalue weighted by atomic mass is 32.1. The summed E-state index contributed by atoms with van der Waals surface area (Å²) in [5.41, 5.74) is 2.24. The van der Waals surface area contributed by atoms with Gasteiger partial charge in [0, 0.05) is 57.3 Å². The lowest BCUT2D eigenvalue weighted by Crippen LogP contribution is -2.49. The summed E-state index contributed by atoms with van der Waals surface area (Å²) in [6, 6.07) is 9.99. The van der Waals surface area contributed by atoms with Crippen LogP contribution in [0.25, 0.3) is 0 Å². The van der Waals surface area contributed by atoms with Crippen molar-refractivity contribution in [2.45, 2.75) is 6.92 Å². The van der Waals surface area contributed by atoms with Gasteiger partial charge in [-0.25, -0.2) is 9.97 Å². The summed E-state index contributed by atoms with van der Waals surface area (Å²) in [7, 11) is 0. The van der Waals surface area contributed by atoms with Crippen LogP contribution in [0.1, 0.15) is 5.56 Å². The molecule has 2 aromatic rings. The zero-order valence-corrected chi connectivity index (χ0v) is 15.3. The van der Waals surface area contributed by atoms with Gasteiger partial charge >= 0.3 is 0 Å². The number of thiocarbonyl (C=S) groups is 1. The number of aromatic nitrogens is 2. The molecule has 1 aliphatic heterocycles. The molecule has 132 valence electrons. The zero-order valence-electron chi connectivity index (χ0n) is 14.5. The fourth-order valence-corrected chi connectivity index (χ4v) is 3.05. The Labute approximate surface area is 154 Å². The van der Waals surface area contributed by atoms with Crippen molar-refractivity contribution in [3.63, 3.8) is 0 Å². The minimum absolute atomic E-state index is 0.672. The molecule has 0 spiro atoms. The summed E-state index contributed by atoms with van der Waals surface area (Å²) in [6.45, 7) is 7.81. The molecule has 1 saturated heterocycles. The molecule has 0 saturated carbocycles. The Kier molecular flexibility index (Phi) is 6.14. The lowest BCUT2D eigenvalue weighted by Gasteiger charge is -2.34. The Morgan fingerprint density at radius 3 is 2.52 bits per heavy atom. The Morgan fingerprint density at radius 2 is 1.80 bits per heavy atom. The fraction of sp³-hybridized carbons (Fsp3) is 0.389. The molecular formula is C18H24N6S. The Hall–Kier alpha value is -2.25. The van der Waals surface area contributed by atoms with E-state index in [1.165, 1.54) is 5.56 Å². The molecule has 0 bridgehead atoms. The summed E-state index contributed by atoms with van der Waals surface area (Å²) >= 11 is 5.38. The van der Waals surface area contributed by atoms with E-state index in [0.29, 0.717) is 5.11 Å². The van der Waals surface area contributed by atoms with Crippen molar-refractivity contribution in [2.75, 3.05) is 49.5 Å². The molecule has 0 amide bonds. The van der Waals surface area contributed by atoms with E-state index in [9.17, 15) is 0 Å². The fourth-order valence-electron chi connectivity index (χ4n) is 2.83. The number of nitrogens with one attached hydrogen (secondary N) is 2. The number of hydrogen-bond acceptors (Lipinski definition) is 5. The van der Waals surface area contributed by atoms with Gasteiger partial charge in [-0.1, -0.05) is 18.2 Å². The summed E-state index contributed by atoms with van der Waals surface area (Å²) in [5, 5.41) is 7.21. The van der Waals surface area contributed by atoms with E-state index >= 15 is 0 Å². The predicted octanol–water partition coefficient (Wildman–Crippen LogP) is 1.89. The van der Waals surface area contributed by atoms with Gasteiger partial charge in [0.15, 0.2) is 5.11 Å². The van der Waals surface area contributed by atoms with Gasteiger partial charge < -0.3 is 15.5 Å². The average molecular weight is 356 g/mol. The number of nitrogens with zero attached hydrogens (tertiary/aromatic N) is 4. The normalized spacial score (nSPS) is 15.0. The molecule has 1 aromatic heterocycles. The van der Waals surface area contributed by atoms with Crippen LogP contribution in [0.3, 0.4) is 0 Å². The van der Waals surface area contributed by atoms with E-state index in [1.54, 1.807) is 12.4 Å². The smallest absolute Gasteiger partial charge is 0.225 e. The summed E-state index contributed by atoms with van der Waals surface area (Å²) < 4.78 is 0. The Balaban J connectivity index is 1.36. The van der Waals surface area contributed by atoms with Gasteiger partial charge in [-0.15, -0.1) is 0 Å². The van der Waals surface area contributed by atoms with Crippen LogP contribution in [0, 0.1) is 6.92 Å². The third-order valence-electron chi connectivity index (χ3n) is 4.31. The largest absolute Gasteiger partial charge is 0.361 e. The molecular weight excluding hydrogens is 332 g/mol. The van der Waals surface area contributed by atoms with Gasteiger partial charge in [-0.3, -0.25) is 4.90 Å². The molecule has 1 fully saturated rings. The Bertz CT molecular complexity index is 685. The highest BCUT2D eigenvalue weighted by molar-refractivity contribution is 7.80. The highest BCUT2D eigenvalue weighted by Crippen LogP contribution is 2.12. The molecule has 0 atom stereocenters. The maximum Gasteiger partial charge on any atom is 0.225 e. The minimum Gasteiger partial charge on any atom is -0.361 e. The SMILES string of the molecule is Cc1ccccc1NC(=S)NCCN1CCN(c2ncccn2)CC1. The van der Waals surface area contributed by atoms with Crippen LogP contribution in [0.2, 0.25) is 0 Å². The molecule has 1 aromatic carbocycles. The third kappa shape index (κ3) is 5.11. The Morgan fingerprint density at radius 1 is 1.08 bits per heavy atom. The lowest BCUT2D eigenvalue weighted by molar-refractivity contribution is 0.260. The minimum atomic E-state index is 0.672. The monoisotopic (exact) mass is 356 g/mol. The van der Waals surface area contributed by atoms with E-state index in [0.717, 1.165) is 50.9 Å². The van der Waals surface area contributed by atoms with Crippen molar-refractivity contribution in [3.8, 4) is 0 Å². The van der Waals surface area contributed by atoms with Crippen molar-refractivity contribution in [1.29, 1.82) is 0 Å². The van der Waals surface area contributed by atoms with Crippen LogP contribution in [-0.2, 0) is 0 Å². The predicted molar refractivity (Wildman–Crippen MR) is 106 cm³/mol. The molecule has 1 aliphatic rings. The van der Waals surface area contributed by atoms with Gasteiger partial charge in [0.25, 0.3) is 0 Å². The first-order valence-electron chi connectivity index (χ1n) is 8.57. The van der Waals surface area contributed by atoms with Crippen LogP contribution in [0.15, 0.2) is 42.7 Å². The van der Waals surface area contributed by atoms with Crippen LogP contribution >= 0.6 is 12.2 Å². The average Bonchev–Trinajstić information content (AvgIpc) is 2.65. The lowest BCUT2D eigenvalue weighted by atomic mass is 10.2. The van der Waals surface area contributed by atoms with Gasteiger partial charge in [-0.2, -0.15) is 0 Å². The van der Waals surface area contributed by atoms with Crippen LogP contribution in [0.5, 0.6) is 0 Å². The van der Waals surface area contributed by atoms with E-state index < -0.39 is 0 Å². The number of aryl methyl sites for hydroxylation is 1. The van der Waals surface area contributed by atoms with Crippen molar-refractivity contribution in [1.82, 2.24) is 20.2 Å². The summed E-state index contributed by atoms with van der Waals surface area (Å²) in [5.74, 6) is 0.823. The number of anilines is 2. The molecule has 3 rings (SSSR count). The molecule has 2 N–H and O–H groups in total. The molecule has 6 nitrogen and oxygen atoms in total.